The van der Waals surface area contributed by atoms with Crippen LogP contribution in [0.5, 0.6) is 5.75 Å². The standard InChI is InChI=1S/C8H7BrClN3O2/c9-5-1-2-6(10)4(7(5)14)3-12-13-8(11)15/h1-3,14H,(H3,11,13,15). The first kappa shape index (κ1) is 11.8. The average molecular weight is 293 g/mol. The molecule has 2 amide bonds. The monoisotopic (exact) mass is 291 g/mol. The molecule has 4 N–H and O–H groups in total. The summed E-state index contributed by atoms with van der Waals surface area (Å²) in [5, 5.41) is 13.4. The number of aromatic hydroxyl groups is 1. The van der Waals surface area contributed by atoms with E-state index in [9.17, 15) is 9.90 Å². The molecule has 0 heterocycles. The second-order valence-electron chi connectivity index (χ2n) is 2.53. The lowest BCUT2D eigenvalue weighted by molar-refractivity contribution is 0.249. The first-order valence-electron chi connectivity index (χ1n) is 3.78. The number of nitrogens with zero attached hydrogens (tertiary/aromatic N) is 1. The average Bonchev–Trinajstić information content (AvgIpc) is 2.17. The summed E-state index contributed by atoms with van der Waals surface area (Å²) in [6.45, 7) is 0. The van der Waals surface area contributed by atoms with E-state index in [-0.39, 0.29) is 5.75 Å². The van der Waals surface area contributed by atoms with Crippen molar-refractivity contribution in [3.63, 3.8) is 0 Å². The van der Waals surface area contributed by atoms with Gasteiger partial charge in [-0.2, -0.15) is 5.10 Å². The fourth-order valence-electron chi connectivity index (χ4n) is 0.840. The highest BCUT2D eigenvalue weighted by molar-refractivity contribution is 9.10. The topological polar surface area (TPSA) is 87.7 Å². The van der Waals surface area contributed by atoms with E-state index < -0.39 is 6.03 Å². The molecule has 0 bridgehead atoms. The zero-order valence-corrected chi connectivity index (χ0v) is 9.71. The number of hydrogen-bond donors (Lipinski definition) is 3. The van der Waals surface area contributed by atoms with Gasteiger partial charge < -0.3 is 10.8 Å². The molecule has 1 aromatic rings. The molecule has 0 spiro atoms. The Balaban J connectivity index is 2.98. The van der Waals surface area contributed by atoms with Gasteiger partial charge in [-0.05, 0) is 28.1 Å². The molecule has 0 unspecified atom stereocenters. The molecule has 1 aromatic carbocycles. The number of rotatable bonds is 2. The van der Waals surface area contributed by atoms with Gasteiger partial charge in [-0.3, -0.25) is 0 Å². The third kappa shape index (κ3) is 3.10. The predicted molar refractivity (Wildman–Crippen MR) is 61.1 cm³/mol. The summed E-state index contributed by atoms with van der Waals surface area (Å²) in [5.41, 5.74) is 7.08. The molecule has 5 nitrogen and oxygen atoms in total. The first-order chi connectivity index (χ1) is 7.02. The summed E-state index contributed by atoms with van der Waals surface area (Å²) < 4.78 is 0.479. The van der Waals surface area contributed by atoms with E-state index in [0.29, 0.717) is 15.1 Å². The molecule has 0 saturated heterocycles. The van der Waals surface area contributed by atoms with Crippen LogP contribution in [0.25, 0.3) is 0 Å². The first-order valence-corrected chi connectivity index (χ1v) is 4.95. The van der Waals surface area contributed by atoms with Crippen LogP contribution >= 0.6 is 27.5 Å². The molecule has 0 aliphatic carbocycles. The number of hydrazone groups is 1. The van der Waals surface area contributed by atoms with E-state index in [4.69, 9.17) is 17.3 Å². The molecule has 7 heteroatoms. The van der Waals surface area contributed by atoms with Gasteiger partial charge in [0, 0.05) is 0 Å². The van der Waals surface area contributed by atoms with Gasteiger partial charge in [0.05, 0.1) is 21.3 Å². The van der Waals surface area contributed by atoms with Gasteiger partial charge in [-0.1, -0.05) is 11.6 Å². The number of nitrogens with one attached hydrogen (secondary N) is 1. The quantitative estimate of drug-likeness (QED) is 0.573. The van der Waals surface area contributed by atoms with Crippen LogP contribution in [-0.4, -0.2) is 17.4 Å². The van der Waals surface area contributed by atoms with Crippen LogP contribution in [0.3, 0.4) is 0 Å². The summed E-state index contributed by atoms with van der Waals surface area (Å²) in [4.78, 5) is 10.3. The lowest BCUT2D eigenvalue weighted by Crippen LogP contribution is -2.24. The van der Waals surface area contributed by atoms with Gasteiger partial charge in [-0.15, -0.1) is 0 Å². The number of hydrogen-bond acceptors (Lipinski definition) is 3. The normalized spacial score (nSPS) is 10.5. The fraction of sp³-hybridized carbons (Fsp3) is 0. The van der Waals surface area contributed by atoms with E-state index in [1.807, 2.05) is 5.43 Å². The third-order valence-corrected chi connectivity index (χ3v) is 2.45. The summed E-state index contributed by atoms with van der Waals surface area (Å²) in [7, 11) is 0. The van der Waals surface area contributed by atoms with Crippen molar-refractivity contribution in [2.24, 2.45) is 10.8 Å². The number of phenolic OH excluding ortho intramolecular Hbond substituents is 1. The zero-order chi connectivity index (χ0) is 11.4. The molecule has 0 fully saturated rings. The lowest BCUT2D eigenvalue weighted by Gasteiger charge is -2.03. The molecule has 0 aromatic heterocycles. The van der Waals surface area contributed by atoms with Crippen molar-refractivity contribution in [3.05, 3.63) is 27.2 Å². The Hall–Kier alpha value is -1.27. The van der Waals surface area contributed by atoms with Gasteiger partial charge in [0.2, 0.25) is 0 Å². The van der Waals surface area contributed by atoms with Crippen molar-refractivity contribution in [1.82, 2.24) is 5.43 Å². The highest BCUT2D eigenvalue weighted by atomic mass is 79.9. The van der Waals surface area contributed by atoms with Crippen LogP contribution in [-0.2, 0) is 0 Å². The maximum atomic E-state index is 10.3. The van der Waals surface area contributed by atoms with Crippen molar-refractivity contribution in [3.8, 4) is 5.75 Å². The Labute approximate surface area is 99.0 Å². The second-order valence-corrected chi connectivity index (χ2v) is 3.79. The smallest absolute Gasteiger partial charge is 0.332 e. The Kier molecular flexibility index (Phi) is 3.93. The van der Waals surface area contributed by atoms with E-state index in [0.717, 1.165) is 0 Å². The molecule has 0 aliphatic rings. The zero-order valence-electron chi connectivity index (χ0n) is 7.37. The molecule has 1 rings (SSSR count). The summed E-state index contributed by atoms with van der Waals surface area (Å²) in [6, 6.07) is 2.38. The largest absolute Gasteiger partial charge is 0.506 e. The number of urea groups is 1. The number of carbonyl (C=O) groups excluding carboxylic acids is 1. The van der Waals surface area contributed by atoms with Gasteiger partial charge >= 0.3 is 6.03 Å². The summed E-state index contributed by atoms with van der Waals surface area (Å²) >= 11 is 8.92. The maximum absolute atomic E-state index is 10.3. The molecule has 0 atom stereocenters. The Bertz CT molecular complexity index is 423. The predicted octanol–water partition coefficient (Wildman–Crippen LogP) is 1.81. The number of benzene rings is 1. The molecule has 80 valence electrons. The molecule has 0 aliphatic heterocycles. The Morgan fingerprint density at radius 3 is 2.93 bits per heavy atom. The Morgan fingerprint density at radius 2 is 2.33 bits per heavy atom. The molecule has 15 heavy (non-hydrogen) atoms. The summed E-state index contributed by atoms with van der Waals surface area (Å²) in [5.74, 6) is -0.0579. The number of carbonyl (C=O) groups is 1. The van der Waals surface area contributed by atoms with Crippen LogP contribution in [0.15, 0.2) is 21.7 Å². The minimum atomic E-state index is -0.795. The van der Waals surface area contributed by atoms with Crippen LogP contribution in [0.4, 0.5) is 4.79 Å². The van der Waals surface area contributed by atoms with Gasteiger partial charge in [0.25, 0.3) is 0 Å². The third-order valence-electron chi connectivity index (χ3n) is 1.48. The van der Waals surface area contributed by atoms with Crippen LogP contribution < -0.4 is 11.2 Å². The van der Waals surface area contributed by atoms with E-state index in [1.165, 1.54) is 6.21 Å². The van der Waals surface area contributed by atoms with E-state index in [1.54, 1.807) is 12.1 Å². The Morgan fingerprint density at radius 1 is 1.67 bits per heavy atom. The van der Waals surface area contributed by atoms with Gasteiger partial charge in [0.15, 0.2) is 0 Å². The number of halogens is 2. The summed E-state index contributed by atoms with van der Waals surface area (Å²) in [6.07, 6.45) is 1.20. The maximum Gasteiger partial charge on any atom is 0.332 e. The minimum absolute atomic E-state index is 0.0579. The molecule has 0 saturated carbocycles. The number of amides is 2. The van der Waals surface area contributed by atoms with E-state index in [2.05, 4.69) is 21.0 Å². The van der Waals surface area contributed by atoms with Crippen LogP contribution in [0.2, 0.25) is 5.02 Å². The van der Waals surface area contributed by atoms with E-state index >= 15 is 0 Å². The van der Waals surface area contributed by atoms with Crippen molar-refractivity contribution in [2.75, 3.05) is 0 Å². The fourth-order valence-corrected chi connectivity index (χ4v) is 1.39. The lowest BCUT2D eigenvalue weighted by atomic mass is 10.2. The van der Waals surface area contributed by atoms with Crippen molar-refractivity contribution in [1.29, 1.82) is 0 Å². The molecule has 0 radical (unpaired) electrons. The van der Waals surface area contributed by atoms with Gasteiger partial charge in [-0.25, -0.2) is 10.2 Å². The SMILES string of the molecule is NC(=O)NN=Cc1c(Cl)ccc(Br)c1O. The van der Waals surface area contributed by atoms with Crippen LogP contribution in [0, 0.1) is 0 Å². The molecular formula is C8H7BrClN3O2. The van der Waals surface area contributed by atoms with Gasteiger partial charge in [0.1, 0.15) is 5.75 Å². The minimum Gasteiger partial charge on any atom is -0.506 e. The van der Waals surface area contributed by atoms with Crippen LogP contribution in [0.1, 0.15) is 5.56 Å². The highest BCUT2D eigenvalue weighted by Crippen LogP contribution is 2.31. The van der Waals surface area contributed by atoms with Crippen molar-refractivity contribution >= 4 is 39.8 Å². The molecular weight excluding hydrogens is 285 g/mol. The second kappa shape index (κ2) is 4.99. The number of nitrogens with two attached hydrogens (primary N) is 1. The van der Waals surface area contributed by atoms with Crippen molar-refractivity contribution < 1.29 is 9.90 Å². The highest BCUT2D eigenvalue weighted by Gasteiger charge is 2.07. The number of primary amides is 1. The van der Waals surface area contributed by atoms with Crippen molar-refractivity contribution in [2.45, 2.75) is 0 Å². The number of phenols is 1.